The zero-order valence-electron chi connectivity index (χ0n) is 5.43. The van der Waals surface area contributed by atoms with Gasteiger partial charge in [-0.05, 0) is 12.0 Å². The zero-order valence-corrected chi connectivity index (χ0v) is 7.77. The van der Waals surface area contributed by atoms with Crippen molar-refractivity contribution in [2.75, 3.05) is 0 Å². The first-order valence-electron chi connectivity index (χ1n) is 3.11. The van der Waals surface area contributed by atoms with Crippen molar-refractivity contribution in [2.24, 2.45) is 0 Å². The van der Waals surface area contributed by atoms with Gasteiger partial charge in [-0.15, -0.1) is 11.6 Å². The zero-order chi connectivity index (χ0) is 7.40. The summed E-state index contributed by atoms with van der Waals surface area (Å²) in [4.78, 5) is 0. The Morgan fingerprint density at radius 1 is 1.30 bits per heavy atom. The minimum atomic E-state index is 0.0508. The third-order valence-electron chi connectivity index (χ3n) is 1.23. The van der Waals surface area contributed by atoms with Crippen molar-refractivity contribution in [3.05, 3.63) is 35.9 Å². The fourth-order valence-corrected chi connectivity index (χ4v) is 1.34. The first-order chi connectivity index (χ1) is 4.79. The molecular weight excluding hydrogens is 211 g/mol. The molecule has 54 valence electrons. The number of hydrogen-bond acceptors (Lipinski definition) is 0. The minimum absolute atomic E-state index is 0.0508. The smallest absolute Gasteiger partial charge is 0.0926 e. The van der Waals surface area contributed by atoms with Crippen LogP contribution in [0.4, 0.5) is 0 Å². The fourth-order valence-electron chi connectivity index (χ4n) is 0.792. The van der Waals surface area contributed by atoms with E-state index in [1.54, 1.807) is 0 Å². The van der Waals surface area contributed by atoms with Crippen LogP contribution in [0.2, 0.25) is 0 Å². The lowest BCUT2D eigenvalue weighted by atomic mass is 10.2. The van der Waals surface area contributed by atoms with Crippen molar-refractivity contribution in [1.29, 1.82) is 0 Å². The maximum atomic E-state index is 5.73. The minimum Gasteiger partial charge on any atom is -0.110 e. The molecule has 0 nitrogen and oxygen atoms in total. The second-order valence-electron chi connectivity index (χ2n) is 2.08. The summed E-state index contributed by atoms with van der Waals surface area (Å²) >= 11 is 9.01. The van der Waals surface area contributed by atoms with Crippen molar-refractivity contribution in [3.8, 4) is 0 Å². The summed E-state index contributed by atoms with van der Waals surface area (Å²) < 4.78 is 0.0508. The van der Waals surface area contributed by atoms with Crippen LogP contribution in [-0.4, -0.2) is 4.29 Å². The molecular formula is C8H8BrCl. The van der Waals surface area contributed by atoms with E-state index in [1.807, 2.05) is 18.2 Å². The SMILES string of the molecule is ClC(Br)Cc1ccccc1. The molecule has 0 N–H and O–H groups in total. The summed E-state index contributed by atoms with van der Waals surface area (Å²) in [6.07, 6.45) is 0.877. The predicted molar refractivity (Wildman–Crippen MR) is 48.7 cm³/mol. The van der Waals surface area contributed by atoms with Crippen LogP contribution < -0.4 is 0 Å². The summed E-state index contributed by atoms with van der Waals surface area (Å²) in [5.74, 6) is 0. The van der Waals surface area contributed by atoms with Crippen LogP contribution >= 0.6 is 27.5 Å². The first-order valence-corrected chi connectivity index (χ1v) is 4.46. The molecule has 0 aromatic heterocycles. The molecule has 1 rings (SSSR count). The van der Waals surface area contributed by atoms with E-state index in [0.29, 0.717) is 0 Å². The molecule has 0 fully saturated rings. The first kappa shape index (κ1) is 8.09. The van der Waals surface area contributed by atoms with E-state index in [1.165, 1.54) is 5.56 Å². The van der Waals surface area contributed by atoms with E-state index in [9.17, 15) is 0 Å². The monoisotopic (exact) mass is 218 g/mol. The molecule has 1 aromatic rings. The van der Waals surface area contributed by atoms with Gasteiger partial charge in [0.2, 0.25) is 0 Å². The summed E-state index contributed by atoms with van der Waals surface area (Å²) in [5, 5.41) is 0. The van der Waals surface area contributed by atoms with Gasteiger partial charge in [0, 0.05) is 0 Å². The lowest BCUT2D eigenvalue weighted by molar-refractivity contribution is 1.11. The lowest BCUT2D eigenvalue weighted by Gasteiger charge is -1.99. The Labute approximate surface area is 74.3 Å². The number of alkyl halides is 2. The number of halogens is 2. The highest BCUT2D eigenvalue weighted by atomic mass is 79.9. The molecule has 10 heavy (non-hydrogen) atoms. The van der Waals surface area contributed by atoms with Crippen LogP contribution in [0.15, 0.2) is 30.3 Å². The Bertz CT molecular complexity index is 184. The van der Waals surface area contributed by atoms with E-state index in [4.69, 9.17) is 11.6 Å². The molecule has 0 heterocycles. The van der Waals surface area contributed by atoms with Crippen LogP contribution in [0.5, 0.6) is 0 Å². The van der Waals surface area contributed by atoms with Gasteiger partial charge in [-0.3, -0.25) is 0 Å². The molecule has 0 amide bonds. The van der Waals surface area contributed by atoms with Gasteiger partial charge in [0.1, 0.15) is 0 Å². The van der Waals surface area contributed by atoms with Crippen LogP contribution in [0.1, 0.15) is 5.56 Å². The predicted octanol–water partition coefficient (Wildman–Crippen LogP) is 3.19. The summed E-state index contributed by atoms with van der Waals surface area (Å²) in [5.41, 5.74) is 1.26. The largest absolute Gasteiger partial charge is 0.110 e. The maximum Gasteiger partial charge on any atom is 0.0926 e. The molecule has 0 bridgehead atoms. The van der Waals surface area contributed by atoms with Crippen molar-refractivity contribution in [3.63, 3.8) is 0 Å². The average Bonchev–Trinajstić information content (AvgIpc) is 1.88. The Morgan fingerprint density at radius 3 is 2.40 bits per heavy atom. The van der Waals surface area contributed by atoms with Gasteiger partial charge in [-0.2, -0.15) is 0 Å². The van der Waals surface area contributed by atoms with Crippen molar-refractivity contribution < 1.29 is 0 Å². The second kappa shape index (κ2) is 3.99. The van der Waals surface area contributed by atoms with Gasteiger partial charge in [-0.1, -0.05) is 46.3 Å². The standard InChI is InChI=1S/C8H8BrCl/c9-8(10)6-7-4-2-1-3-5-7/h1-5,8H,6H2. The van der Waals surface area contributed by atoms with Crippen molar-refractivity contribution >= 4 is 27.5 Å². The van der Waals surface area contributed by atoms with Crippen LogP contribution in [0.3, 0.4) is 0 Å². The van der Waals surface area contributed by atoms with E-state index in [2.05, 4.69) is 28.1 Å². The third kappa shape index (κ3) is 2.72. The number of rotatable bonds is 2. The third-order valence-corrected chi connectivity index (χ3v) is 1.71. The summed E-state index contributed by atoms with van der Waals surface area (Å²) in [7, 11) is 0. The average molecular weight is 220 g/mol. The molecule has 0 saturated carbocycles. The molecule has 0 aliphatic heterocycles. The fraction of sp³-hybridized carbons (Fsp3) is 0.250. The molecule has 1 unspecified atom stereocenters. The molecule has 1 atom stereocenters. The Balaban J connectivity index is 2.59. The van der Waals surface area contributed by atoms with Gasteiger partial charge in [-0.25, -0.2) is 0 Å². The molecule has 0 aliphatic rings. The number of benzene rings is 1. The highest BCUT2D eigenvalue weighted by Crippen LogP contribution is 2.12. The lowest BCUT2D eigenvalue weighted by Crippen LogP contribution is -1.91. The van der Waals surface area contributed by atoms with Crippen molar-refractivity contribution in [2.45, 2.75) is 10.7 Å². The van der Waals surface area contributed by atoms with Crippen LogP contribution in [0, 0.1) is 0 Å². The second-order valence-corrected chi connectivity index (χ2v) is 4.24. The van der Waals surface area contributed by atoms with Crippen LogP contribution in [-0.2, 0) is 6.42 Å². The number of hydrogen-bond donors (Lipinski definition) is 0. The molecule has 0 aliphatic carbocycles. The van der Waals surface area contributed by atoms with Gasteiger partial charge in [0.25, 0.3) is 0 Å². The molecule has 0 spiro atoms. The van der Waals surface area contributed by atoms with E-state index in [0.717, 1.165) is 6.42 Å². The highest BCUT2D eigenvalue weighted by Gasteiger charge is 1.97. The Hall–Kier alpha value is -0.0100. The van der Waals surface area contributed by atoms with Gasteiger partial charge >= 0.3 is 0 Å². The highest BCUT2D eigenvalue weighted by molar-refractivity contribution is 9.10. The Morgan fingerprint density at radius 2 is 1.90 bits per heavy atom. The van der Waals surface area contributed by atoms with Crippen LogP contribution in [0.25, 0.3) is 0 Å². The van der Waals surface area contributed by atoms with Crippen molar-refractivity contribution in [1.82, 2.24) is 0 Å². The quantitative estimate of drug-likeness (QED) is 0.670. The van der Waals surface area contributed by atoms with E-state index in [-0.39, 0.29) is 4.29 Å². The summed E-state index contributed by atoms with van der Waals surface area (Å²) in [6, 6.07) is 10.2. The topological polar surface area (TPSA) is 0 Å². The van der Waals surface area contributed by atoms with Gasteiger partial charge in [0.15, 0.2) is 0 Å². The van der Waals surface area contributed by atoms with E-state index < -0.39 is 0 Å². The van der Waals surface area contributed by atoms with E-state index >= 15 is 0 Å². The normalized spacial score (nSPS) is 13.0. The molecule has 1 aromatic carbocycles. The molecule has 0 radical (unpaired) electrons. The summed E-state index contributed by atoms with van der Waals surface area (Å²) in [6.45, 7) is 0. The molecule has 0 saturated heterocycles. The van der Waals surface area contributed by atoms with Gasteiger partial charge < -0.3 is 0 Å². The Kier molecular flexibility index (Phi) is 3.23. The molecule has 2 heteroatoms. The maximum absolute atomic E-state index is 5.73. The van der Waals surface area contributed by atoms with Gasteiger partial charge in [0.05, 0.1) is 4.29 Å².